The van der Waals surface area contributed by atoms with Crippen LogP contribution in [0.15, 0.2) is 23.1 Å². The molecule has 13 heavy (non-hydrogen) atoms. The molecule has 3 heteroatoms. The molecule has 0 aliphatic heterocycles. The molecule has 0 unspecified atom stereocenters. The first-order valence-electron chi connectivity index (χ1n) is 4.16. The molecule has 0 aliphatic carbocycles. The second kappa shape index (κ2) is 5.02. The van der Waals surface area contributed by atoms with Crippen molar-refractivity contribution in [3.05, 3.63) is 18.2 Å². The largest absolute Gasteiger partial charge is 0.497 e. The van der Waals surface area contributed by atoms with Gasteiger partial charge in [0.2, 0.25) is 0 Å². The van der Waals surface area contributed by atoms with E-state index in [1.807, 2.05) is 31.4 Å². The van der Waals surface area contributed by atoms with Crippen molar-refractivity contribution >= 4 is 11.8 Å². The molecule has 72 valence electrons. The Morgan fingerprint density at radius 3 is 2.69 bits per heavy atom. The van der Waals surface area contributed by atoms with Crippen LogP contribution in [0.25, 0.3) is 0 Å². The Kier molecular flexibility index (Phi) is 3.96. The Hall–Kier alpha value is -0.830. The molecular formula is C10H14O2S. The summed E-state index contributed by atoms with van der Waals surface area (Å²) in [6.45, 7) is 2.67. The zero-order valence-corrected chi connectivity index (χ0v) is 8.98. The van der Waals surface area contributed by atoms with Gasteiger partial charge in [0.05, 0.1) is 18.6 Å². The summed E-state index contributed by atoms with van der Waals surface area (Å²) in [6.07, 6.45) is 2.03. The number of thioether (sulfide) groups is 1. The lowest BCUT2D eigenvalue weighted by molar-refractivity contribution is 0.330. The van der Waals surface area contributed by atoms with E-state index in [-0.39, 0.29) is 0 Å². The standard InChI is InChI=1S/C10H14O2S/c1-4-12-9-6-5-8(11-2)7-10(9)13-3/h5-7H,4H2,1-3H3. The van der Waals surface area contributed by atoms with Crippen molar-refractivity contribution in [2.45, 2.75) is 11.8 Å². The van der Waals surface area contributed by atoms with Crippen LogP contribution in [0.5, 0.6) is 11.5 Å². The van der Waals surface area contributed by atoms with E-state index in [4.69, 9.17) is 9.47 Å². The van der Waals surface area contributed by atoms with Crippen LogP contribution in [0.1, 0.15) is 6.92 Å². The summed E-state index contributed by atoms with van der Waals surface area (Å²) in [7, 11) is 1.67. The van der Waals surface area contributed by atoms with Gasteiger partial charge < -0.3 is 9.47 Å². The highest BCUT2D eigenvalue weighted by Crippen LogP contribution is 2.31. The molecule has 0 atom stereocenters. The Morgan fingerprint density at radius 2 is 2.15 bits per heavy atom. The van der Waals surface area contributed by atoms with Crippen LogP contribution in [0.2, 0.25) is 0 Å². The van der Waals surface area contributed by atoms with Gasteiger partial charge in [0, 0.05) is 0 Å². The number of benzene rings is 1. The topological polar surface area (TPSA) is 18.5 Å². The molecule has 0 fully saturated rings. The highest BCUT2D eigenvalue weighted by atomic mass is 32.2. The van der Waals surface area contributed by atoms with Crippen LogP contribution in [-0.2, 0) is 0 Å². The molecular weight excluding hydrogens is 184 g/mol. The fourth-order valence-corrected chi connectivity index (χ4v) is 1.61. The van der Waals surface area contributed by atoms with Crippen molar-refractivity contribution in [1.82, 2.24) is 0 Å². The zero-order chi connectivity index (χ0) is 9.68. The highest BCUT2D eigenvalue weighted by Gasteiger charge is 2.03. The van der Waals surface area contributed by atoms with Crippen LogP contribution >= 0.6 is 11.8 Å². The van der Waals surface area contributed by atoms with Gasteiger partial charge in [0.15, 0.2) is 0 Å². The summed E-state index contributed by atoms with van der Waals surface area (Å²) in [5.41, 5.74) is 0. The molecule has 1 aromatic rings. The molecule has 0 N–H and O–H groups in total. The van der Waals surface area contributed by atoms with Crippen LogP contribution in [0.4, 0.5) is 0 Å². The number of hydrogen-bond acceptors (Lipinski definition) is 3. The molecule has 0 heterocycles. The summed E-state index contributed by atoms with van der Waals surface area (Å²) < 4.78 is 10.6. The van der Waals surface area contributed by atoms with Gasteiger partial charge in [-0.2, -0.15) is 0 Å². The van der Waals surface area contributed by atoms with Crippen molar-refractivity contribution in [2.24, 2.45) is 0 Å². The lowest BCUT2D eigenvalue weighted by atomic mass is 10.3. The Balaban J connectivity index is 2.93. The summed E-state index contributed by atoms with van der Waals surface area (Å²) >= 11 is 1.66. The molecule has 2 nitrogen and oxygen atoms in total. The summed E-state index contributed by atoms with van der Waals surface area (Å²) in [5, 5.41) is 0. The quantitative estimate of drug-likeness (QED) is 0.693. The van der Waals surface area contributed by atoms with Gasteiger partial charge in [-0.15, -0.1) is 11.8 Å². The molecule has 0 spiro atoms. The predicted molar refractivity (Wildman–Crippen MR) is 55.9 cm³/mol. The van der Waals surface area contributed by atoms with Gasteiger partial charge in [-0.3, -0.25) is 0 Å². The number of rotatable bonds is 4. The minimum atomic E-state index is 0.694. The fraction of sp³-hybridized carbons (Fsp3) is 0.400. The number of ether oxygens (including phenoxy) is 2. The molecule has 0 saturated heterocycles. The van der Waals surface area contributed by atoms with Crippen molar-refractivity contribution in [3.8, 4) is 11.5 Å². The van der Waals surface area contributed by atoms with E-state index in [1.54, 1.807) is 18.9 Å². The van der Waals surface area contributed by atoms with E-state index in [0.29, 0.717) is 6.61 Å². The van der Waals surface area contributed by atoms with E-state index in [1.165, 1.54) is 0 Å². The van der Waals surface area contributed by atoms with E-state index in [0.717, 1.165) is 16.4 Å². The Bertz CT molecular complexity index is 274. The maximum atomic E-state index is 5.45. The van der Waals surface area contributed by atoms with Gasteiger partial charge in [-0.1, -0.05) is 0 Å². The minimum Gasteiger partial charge on any atom is -0.497 e. The Morgan fingerprint density at radius 1 is 1.38 bits per heavy atom. The first kappa shape index (κ1) is 10.3. The summed E-state index contributed by atoms with van der Waals surface area (Å²) in [5.74, 6) is 1.80. The Labute approximate surface area is 83.2 Å². The predicted octanol–water partition coefficient (Wildman–Crippen LogP) is 2.82. The smallest absolute Gasteiger partial charge is 0.133 e. The van der Waals surface area contributed by atoms with Crippen molar-refractivity contribution in [3.63, 3.8) is 0 Å². The molecule has 0 aromatic heterocycles. The van der Waals surface area contributed by atoms with E-state index in [9.17, 15) is 0 Å². The fourth-order valence-electron chi connectivity index (χ4n) is 1.05. The van der Waals surface area contributed by atoms with Crippen molar-refractivity contribution < 1.29 is 9.47 Å². The van der Waals surface area contributed by atoms with Crippen LogP contribution in [0, 0.1) is 0 Å². The number of methoxy groups -OCH3 is 1. The average Bonchev–Trinajstić information content (AvgIpc) is 2.19. The highest BCUT2D eigenvalue weighted by molar-refractivity contribution is 7.98. The molecule has 0 amide bonds. The van der Waals surface area contributed by atoms with Crippen LogP contribution < -0.4 is 9.47 Å². The molecule has 1 aromatic carbocycles. The third-order valence-corrected chi connectivity index (χ3v) is 2.43. The molecule has 1 rings (SSSR count). The number of hydrogen-bond donors (Lipinski definition) is 0. The second-order valence-corrected chi connectivity index (χ2v) is 3.30. The first-order valence-corrected chi connectivity index (χ1v) is 5.39. The van der Waals surface area contributed by atoms with E-state index in [2.05, 4.69) is 0 Å². The normalized spacial score (nSPS) is 9.77. The van der Waals surface area contributed by atoms with E-state index >= 15 is 0 Å². The zero-order valence-electron chi connectivity index (χ0n) is 8.16. The molecule has 0 saturated carbocycles. The first-order chi connectivity index (χ1) is 6.31. The van der Waals surface area contributed by atoms with Gasteiger partial charge in [0.25, 0.3) is 0 Å². The maximum absolute atomic E-state index is 5.45. The third kappa shape index (κ3) is 2.56. The van der Waals surface area contributed by atoms with Crippen molar-refractivity contribution in [2.75, 3.05) is 20.0 Å². The van der Waals surface area contributed by atoms with E-state index < -0.39 is 0 Å². The maximum Gasteiger partial charge on any atom is 0.133 e. The summed E-state index contributed by atoms with van der Waals surface area (Å²) in [4.78, 5) is 1.11. The third-order valence-electron chi connectivity index (χ3n) is 1.67. The van der Waals surface area contributed by atoms with Gasteiger partial charge >= 0.3 is 0 Å². The van der Waals surface area contributed by atoms with Crippen LogP contribution in [0.3, 0.4) is 0 Å². The minimum absolute atomic E-state index is 0.694. The van der Waals surface area contributed by atoms with Gasteiger partial charge in [0.1, 0.15) is 11.5 Å². The van der Waals surface area contributed by atoms with Crippen LogP contribution in [-0.4, -0.2) is 20.0 Å². The second-order valence-electron chi connectivity index (χ2n) is 2.45. The lowest BCUT2D eigenvalue weighted by Gasteiger charge is -2.09. The monoisotopic (exact) mass is 198 g/mol. The van der Waals surface area contributed by atoms with Gasteiger partial charge in [-0.25, -0.2) is 0 Å². The van der Waals surface area contributed by atoms with Crippen molar-refractivity contribution in [1.29, 1.82) is 0 Å². The summed E-state index contributed by atoms with van der Waals surface area (Å²) in [6, 6.07) is 5.83. The average molecular weight is 198 g/mol. The SMILES string of the molecule is CCOc1ccc(OC)cc1SC. The lowest BCUT2D eigenvalue weighted by Crippen LogP contribution is -1.93. The molecule has 0 radical (unpaired) electrons. The van der Waals surface area contributed by atoms with Gasteiger partial charge in [-0.05, 0) is 31.4 Å². The molecule has 0 bridgehead atoms. The molecule has 0 aliphatic rings.